The molecule has 1 aliphatic heterocycles. The van der Waals surface area contributed by atoms with Crippen molar-refractivity contribution in [2.24, 2.45) is 0 Å². The van der Waals surface area contributed by atoms with Crippen molar-refractivity contribution in [1.29, 1.82) is 0 Å². The zero-order valence-corrected chi connectivity index (χ0v) is 11.7. The van der Waals surface area contributed by atoms with Crippen molar-refractivity contribution in [3.8, 4) is 5.75 Å². The molecule has 2 rings (SSSR count). The molecule has 0 saturated carbocycles. The lowest BCUT2D eigenvalue weighted by Crippen LogP contribution is -2.19. The average Bonchev–Trinajstić information content (AvgIpc) is 2.82. The Kier molecular flexibility index (Phi) is 4.58. The third-order valence-corrected chi connectivity index (χ3v) is 4.93. The van der Waals surface area contributed by atoms with Crippen molar-refractivity contribution in [1.82, 2.24) is 0 Å². The maximum Gasteiger partial charge on any atom is 0.304 e. The summed E-state index contributed by atoms with van der Waals surface area (Å²) in [5.74, 6) is 0.563. The Labute approximate surface area is 115 Å². The summed E-state index contributed by atoms with van der Waals surface area (Å²) in [7, 11) is -1.10. The molecular formula is C14H18O4S. The van der Waals surface area contributed by atoms with Gasteiger partial charge in [0.2, 0.25) is 0 Å². The molecule has 1 N–H and O–H groups in total. The molecule has 5 heteroatoms. The molecular weight excluding hydrogens is 264 g/mol. The molecule has 0 spiro atoms. The number of ether oxygens (including phenoxy) is 1. The number of hydrogen-bond donors (Lipinski definition) is 1. The van der Waals surface area contributed by atoms with Crippen molar-refractivity contribution in [3.63, 3.8) is 0 Å². The van der Waals surface area contributed by atoms with Gasteiger partial charge in [-0.15, -0.1) is 0 Å². The van der Waals surface area contributed by atoms with Crippen LogP contribution in [0.25, 0.3) is 0 Å². The molecule has 2 unspecified atom stereocenters. The fourth-order valence-electron chi connectivity index (χ4n) is 2.15. The second kappa shape index (κ2) is 6.19. The highest BCUT2D eigenvalue weighted by Gasteiger charge is 2.16. The van der Waals surface area contributed by atoms with Gasteiger partial charge in [0.25, 0.3) is 0 Å². The Balaban J connectivity index is 1.88. The molecule has 1 aromatic rings. The van der Waals surface area contributed by atoms with Gasteiger partial charge in [-0.3, -0.25) is 9.00 Å². The first kappa shape index (κ1) is 14.1. The van der Waals surface area contributed by atoms with E-state index < -0.39 is 16.8 Å². The highest BCUT2D eigenvalue weighted by Crippen LogP contribution is 2.26. The molecule has 1 aliphatic rings. The fourth-order valence-corrected chi connectivity index (χ4v) is 3.32. The summed E-state index contributed by atoms with van der Waals surface area (Å²) in [5.41, 5.74) is 2.35. The van der Waals surface area contributed by atoms with E-state index in [4.69, 9.17) is 9.84 Å². The Bertz CT molecular complexity index is 498. The Morgan fingerprint density at radius 3 is 3.05 bits per heavy atom. The third-order valence-electron chi connectivity index (χ3n) is 3.26. The zero-order valence-electron chi connectivity index (χ0n) is 10.9. The van der Waals surface area contributed by atoms with Crippen LogP contribution in [0.4, 0.5) is 0 Å². The summed E-state index contributed by atoms with van der Waals surface area (Å²) in [6.07, 6.45) is 1.61. The van der Waals surface area contributed by atoms with Gasteiger partial charge >= 0.3 is 5.97 Å². The minimum atomic E-state index is -1.10. The van der Waals surface area contributed by atoms with Gasteiger partial charge in [-0.05, 0) is 23.6 Å². The van der Waals surface area contributed by atoms with E-state index in [1.807, 2.05) is 12.1 Å². The van der Waals surface area contributed by atoms with Crippen molar-refractivity contribution in [2.75, 3.05) is 12.4 Å². The van der Waals surface area contributed by atoms with E-state index in [1.54, 1.807) is 6.92 Å². The summed E-state index contributed by atoms with van der Waals surface area (Å²) >= 11 is 0. The summed E-state index contributed by atoms with van der Waals surface area (Å²) in [5, 5.41) is 8.38. The topological polar surface area (TPSA) is 63.6 Å². The smallest absolute Gasteiger partial charge is 0.304 e. The van der Waals surface area contributed by atoms with Gasteiger partial charge in [-0.2, -0.15) is 0 Å². The second-order valence-electron chi connectivity index (χ2n) is 4.78. The van der Waals surface area contributed by atoms with E-state index >= 15 is 0 Å². The number of hydrogen-bond acceptors (Lipinski definition) is 3. The van der Waals surface area contributed by atoms with Gasteiger partial charge in [0.05, 0.1) is 13.0 Å². The molecule has 0 bridgehead atoms. The first-order valence-corrected chi connectivity index (χ1v) is 7.78. The van der Waals surface area contributed by atoms with E-state index in [2.05, 4.69) is 6.07 Å². The Morgan fingerprint density at radius 2 is 2.32 bits per heavy atom. The van der Waals surface area contributed by atoms with Crippen molar-refractivity contribution in [2.45, 2.75) is 31.4 Å². The number of rotatable bonds is 6. The van der Waals surface area contributed by atoms with E-state index in [-0.39, 0.29) is 11.7 Å². The second-order valence-corrected chi connectivity index (χ2v) is 6.76. The van der Waals surface area contributed by atoms with Gasteiger partial charge in [-0.1, -0.05) is 19.1 Å². The first-order chi connectivity index (χ1) is 9.06. The quantitative estimate of drug-likeness (QED) is 0.864. The minimum absolute atomic E-state index is 0.0371. The lowest BCUT2D eigenvalue weighted by molar-refractivity contribution is -0.136. The molecule has 19 heavy (non-hydrogen) atoms. The lowest BCUT2D eigenvalue weighted by atomic mass is 10.1. The van der Waals surface area contributed by atoms with Gasteiger partial charge in [-0.25, -0.2) is 0 Å². The van der Waals surface area contributed by atoms with Gasteiger partial charge < -0.3 is 9.84 Å². The number of fused-ring (bicyclic) bond motifs is 1. The summed E-state index contributed by atoms with van der Waals surface area (Å²) in [6, 6.07) is 6.05. The maximum absolute atomic E-state index is 11.9. The van der Waals surface area contributed by atoms with E-state index in [0.717, 1.165) is 24.3 Å². The maximum atomic E-state index is 11.9. The normalized spacial score (nSPS) is 16.5. The summed E-state index contributed by atoms with van der Waals surface area (Å²) < 4.78 is 17.3. The van der Waals surface area contributed by atoms with Crippen LogP contribution in [-0.2, 0) is 28.4 Å². The number of aliphatic carboxylic acids is 1. The van der Waals surface area contributed by atoms with Crippen LogP contribution in [0.1, 0.15) is 24.5 Å². The van der Waals surface area contributed by atoms with Crippen LogP contribution in [-0.4, -0.2) is 32.9 Å². The SMILES string of the molecule is CC(CC(=O)O)S(=O)CCc1ccc2c(c1)CCO2. The van der Waals surface area contributed by atoms with Crippen LogP contribution in [0.2, 0.25) is 0 Å². The molecule has 104 valence electrons. The molecule has 0 amide bonds. The number of carboxylic acids is 1. The Hall–Kier alpha value is -1.36. The predicted octanol–water partition coefficient (Wildman–Crippen LogP) is 1.78. The van der Waals surface area contributed by atoms with E-state index in [0.29, 0.717) is 12.2 Å². The number of carboxylic acid groups (broad SMARTS) is 1. The predicted molar refractivity (Wildman–Crippen MR) is 74.1 cm³/mol. The van der Waals surface area contributed by atoms with Gasteiger partial charge in [0.1, 0.15) is 5.75 Å². The van der Waals surface area contributed by atoms with Crippen LogP contribution < -0.4 is 4.74 Å². The molecule has 0 aliphatic carbocycles. The lowest BCUT2D eigenvalue weighted by Gasteiger charge is -2.09. The number of benzene rings is 1. The van der Waals surface area contributed by atoms with Crippen LogP contribution in [0.5, 0.6) is 5.75 Å². The highest BCUT2D eigenvalue weighted by atomic mass is 32.2. The van der Waals surface area contributed by atoms with Gasteiger partial charge in [0.15, 0.2) is 0 Å². The van der Waals surface area contributed by atoms with Crippen molar-refractivity contribution in [3.05, 3.63) is 29.3 Å². The molecule has 0 radical (unpaired) electrons. The highest BCUT2D eigenvalue weighted by molar-refractivity contribution is 7.85. The zero-order chi connectivity index (χ0) is 13.8. The summed E-state index contributed by atoms with van der Waals surface area (Å²) in [6.45, 7) is 2.46. The molecule has 1 aromatic carbocycles. The molecule has 0 fully saturated rings. The average molecular weight is 282 g/mol. The van der Waals surface area contributed by atoms with Crippen LogP contribution in [0, 0.1) is 0 Å². The molecule has 0 saturated heterocycles. The van der Waals surface area contributed by atoms with Crippen LogP contribution in [0.15, 0.2) is 18.2 Å². The third kappa shape index (κ3) is 3.80. The van der Waals surface area contributed by atoms with Crippen LogP contribution >= 0.6 is 0 Å². The molecule has 1 heterocycles. The van der Waals surface area contributed by atoms with Crippen molar-refractivity contribution >= 4 is 16.8 Å². The molecule has 4 nitrogen and oxygen atoms in total. The van der Waals surface area contributed by atoms with Gasteiger partial charge in [0, 0.05) is 28.2 Å². The monoisotopic (exact) mass is 282 g/mol. The largest absolute Gasteiger partial charge is 0.493 e. The van der Waals surface area contributed by atoms with E-state index in [9.17, 15) is 9.00 Å². The van der Waals surface area contributed by atoms with Crippen molar-refractivity contribution < 1.29 is 18.8 Å². The van der Waals surface area contributed by atoms with E-state index in [1.165, 1.54) is 5.56 Å². The number of carbonyl (C=O) groups is 1. The number of aryl methyl sites for hydroxylation is 1. The standard InChI is InChI=1S/C14H18O4S/c1-10(8-14(15)16)19(17)7-5-11-2-3-13-12(9-11)4-6-18-13/h2-3,9-10H,4-8H2,1H3,(H,15,16). The molecule has 2 atom stereocenters. The van der Waals surface area contributed by atoms with Crippen LogP contribution in [0.3, 0.4) is 0 Å². The first-order valence-electron chi connectivity index (χ1n) is 6.40. The molecule has 0 aromatic heterocycles. The Morgan fingerprint density at radius 1 is 1.53 bits per heavy atom. The summed E-state index contributed by atoms with van der Waals surface area (Å²) in [4.78, 5) is 10.6. The fraction of sp³-hybridized carbons (Fsp3) is 0.500. The minimum Gasteiger partial charge on any atom is -0.493 e.